The second-order valence-corrected chi connectivity index (χ2v) is 8.38. The van der Waals surface area contributed by atoms with E-state index in [-0.39, 0.29) is 28.4 Å². The Morgan fingerprint density at radius 1 is 1.08 bits per heavy atom. The van der Waals surface area contributed by atoms with Gasteiger partial charge in [0.2, 0.25) is 0 Å². The number of carbonyl (C=O) groups excluding carboxylic acids is 1. The van der Waals surface area contributed by atoms with E-state index in [0.29, 0.717) is 18.6 Å². The fourth-order valence-electron chi connectivity index (χ4n) is 3.69. The first kappa shape index (κ1) is 17.8. The molecule has 1 saturated carbocycles. The second kappa shape index (κ2) is 6.09. The predicted octanol–water partition coefficient (Wildman–Crippen LogP) is 3.29. The number of fused-ring (bicyclic) bond motifs is 1. The minimum atomic E-state index is -3.80. The van der Waals surface area contributed by atoms with Gasteiger partial charge < -0.3 is 0 Å². The molecule has 1 aliphatic heterocycles. The van der Waals surface area contributed by atoms with Crippen molar-refractivity contribution in [3.8, 4) is 0 Å². The van der Waals surface area contributed by atoms with Gasteiger partial charge in [-0.25, -0.2) is 21.6 Å². The second-order valence-electron chi connectivity index (χ2n) is 6.40. The molecular weight excluding hydrogens is 355 g/mol. The summed E-state index contributed by atoms with van der Waals surface area (Å²) >= 11 is 0. The molecule has 25 heavy (non-hydrogen) atoms. The highest BCUT2D eigenvalue weighted by atomic mass is 32.2. The summed E-state index contributed by atoms with van der Waals surface area (Å²) in [5, 5.41) is 0. The number of aliphatic imine (C=N–C) groups is 1. The maximum atomic E-state index is 13.7. The number of hydrogen-bond donors (Lipinski definition) is 0. The molecule has 1 heterocycles. The van der Waals surface area contributed by atoms with Gasteiger partial charge in [-0.1, -0.05) is 0 Å². The van der Waals surface area contributed by atoms with Crippen LogP contribution in [0, 0.1) is 23.4 Å². The van der Waals surface area contributed by atoms with E-state index < -0.39 is 39.1 Å². The zero-order chi connectivity index (χ0) is 18.5. The number of rotatable bonds is 2. The van der Waals surface area contributed by atoms with Gasteiger partial charge >= 0.3 is 0 Å². The maximum absolute atomic E-state index is 13.7. The molecule has 0 amide bonds. The number of allylic oxidation sites excluding steroid dienone is 2. The van der Waals surface area contributed by atoms with Crippen LogP contribution < -0.4 is 0 Å². The van der Waals surface area contributed by atoms with Gasteiger partial charge in [-0.05, 0) is 37.5 Å². The van der Waals surface area contributed by atoms with Gasteiger partial charge in [0.05, 0.1) is 16.5 Å². The Morgan fingerprint density at radius 3 is 2.24 bits per heavy atom. The first-order valence-electron chi connectivity index (χ1n) is 7.76. The van der Waals surface area contributed by atoms with Crippen molar-refractivity contribution >= 4 is 21.3 Å². The van der Waals surface area contributed by atoms with Crippen molar-refractivity contribution in [2.24, 2.45) is 10.9 Å². The Morgan fingerprint density at radius 2 is 1.68 bits per heavy atom. The number of hydrogen-bond acceptors (Lipinski definition) is 4. The van der Waals surface area contributed by atoms with Gasteiger partial charge in [0, 0.05) is 24.3 Å². The molecule has 4 nitrogen and oxygen atoms in total. The quantitative estimate of drug-likeness (QED) is 0.750. The van der Waals surface area contributed by atoms with Gasteiger partial charge in [0.15, 0.2) is 27.3 Å². The van der Waals surface area contributed by atoms with E-state index in [1.54, 1.807) is 0 Å². The Hall–Kier alpha value is -1.96. The first-order chi connectivity index (χ1) is 11.6. The summed E-state index contributed by atoms with van der Waals surface area (Å²) in [6.07, 6.45) is 2.30. The van der Waals surface area contributed by atoms with E-state index in [9.17, 15) is 26.4 Å². The lowest BCUT2D eigenvalue weighted by Gasteiger charge is -2.35. The summed E-state index contributed by atoms with van der Waals surface area (Å²) in [6.45, 7) is 1.49. The van der Waals surface area contributed by atoms with Crippen LogP contribution in [0.1, 0.15) is 37.7 Å². The lowest BCUT2D eigenvalue weighted by molar-refractivity contribution is -0.121. The van der Waals surface area contributed by atoms with E-state index in [1.807, 2.05) is 0 Å². The summed E-state index contributed by atoms with van der Waals surface area (Å²) in [5.41, 5.74) is 0.624. The molecule has 2 aliphatic rings. The van der Waals surface area contributed by atoms with Crippen LogP contribution in [0.4, 0.5) is 13.2 Å². The largest absolute Gasteiger partial charge is 0.299 e. The van der Waals surface area contributed by atoms with Crippen LogP contribution in [0.15, 0.2) is 27.7 Å². The standard InChI is InChI=1S/C17H16F3NO3S/c1-8-17(25(2,23)24)14(9-6-10(18)16(20)11(19)7-9)15-12(21-8)4-3-5-13(15)22/h6-7,14-15H,3-5H2,1-2H3. The van der Waals surface area contributed by atoms with Crippen molar-refractivity contribution in [1.82, 2.24) is 0 Å². The lowest BCUT2D eigenvalue weighted by atomic mass is 9.72. The highest BCUT2D eigenvalue weighted by molar-refractivity contribution is 7.94. The molecule has 2 atom stereocenters. The van der Waals surface area contributed by atoms with E-state index in [0.717, 1.165) is 18.4 Å². The van der Waals surface area contributed by atoms with E-state index in [4.69, 9.17) is 0 Å². The molecule has 3 rings (SSSR count). The first-order valence-corrected chi connectivity index (χ1v) is 9.66. The maximum Gasteiger partial charge on any atom is 0.194 e. The molecular formula is C17H16F3NO3S. The molecule has 0 N–H and O–H groups in total. The number of Topliss-reactive ketones (excluding diaryl/α,β-unsaturated/α-hetero) is 1. The number of sulfone groups is 1. The van der Waals surface area contributed by atoms with Crippen molar-refractivity contribution in [1.29, 1.82) is 0 Å². The molecule has 0 saturated heterocycles. The predicted molar refractivity (Wildman–Crippen MR) is 86.4 cm³/mol. The zero-order valence-corrected chi connectivity index (χ0v) is 14.5. The molecule has 0 bridgehead atoms. The average molecular weight is 371 g/mol. The Bertz CT molecular complexity index is 911. The third kappa shape index (κ3) is 3.03. The normalized spacial score (nSPS) is 24.2. The summed E-state index contributed by atoms with van der Waals surface area (Å²) in [4.78, 5) is 16.6. The van der Waals surface area contributed by atoms with E-state index in [1.165, 1.54) is 6.92 Å². The summed E-state index contributed by atoms with van der Waals surface area (Å²) < 4.78 is 65.4. The lowest BCUT2D eigenvalue weighted by Crippen LogP contribution is -2.38. The molecule has 0 radical (unpaired) electrons. The van der Waals surface area contributed by atoms with Crippen LogP contribution >= 0.6 is 0 Å². The zero-order valence-electron chi connectivity index (χ0n) is 13.6. The van der Waals surface area contributed by atoms with Crippen molar-refractivity contribution < 1.29 is 26.4 Å². The topological polar surface area (TPSA) is 63.6 Å². The Labute approximate surface area is 143 Å². The van der Waals surface area contributed by atoms with Gasteiger partial charge in [0.25, 0.3) is 0 Å². The minimum Gasteiger partial charge on any atom is -0.299 e. The molecule has 1 aromatic carbocycles. The Kier molecular flexibility index (Phi) is 4.35. The molecule has 134 valence electrons. The summed E-state index contributed by atoms with van der Waals surface area (Å²) in [6, 6.07) is 1.51. The van der Waals surface area contributed by atoms with Crippen molar-refractivity contribution in [2.45, 2.75) is 32.1 Å². The van der Waals surface area contributed by atoms with Gasteiger partial charge in [-0.2, -0.15) is 0 Å². The third-order valence-corrected chi connectivity index (χ3v) is 5.96. The monoisotopic (exact) mass is 371 g/mol. The van der Waals surface area contributed by atoms with Crippen LogP contribution in [-0.2, 0) is 14.6 Å². The van der Waals surface area contributed by atoms with Gasteiger partial charge in [-0.3, -0.25) is 9.79 Å². The minimum absolute atomic E-state index is 0.0798. The van der Waals surface area contributed by atoms with Crippen molar-refractivity contribution in [2.75, 3.05) is 6.26 Å². The number of benzene rings is 1. The van der Waals surface area contributed by atoms with Crippen molar-refractivity contribution in [3.05, 3.63) is 45.8 Å². The van der Waals surface area contributed by atoms with Crippen LogP contribution in [0.5, 0.6) is 0 Å². The smallest absolute Gasteiger partial charge is 0.194 e. The SMILES string of the molecule is CC1=C(S(C)(=O)=O)C(c2cc(F)c(F)c(F)c2)C2C(=O)CCCC2=N1. The molecule has 0 aromatic heterocycles. The van der Waals surface area contributed by atoms with Gasteiger partial charge in [0.1, 0.15) is 5.78 Å². The molecule has 0 spiro atoms. The highest BCUT2D eigenvalue weighted by Gasteiger charge is 2.44. The number of nitrogens with zero attached hydrogens (tertiary/aromatic N) is 1. The fraction of sp³-hybridized carbons (Fsp3) is 0.412. The van der Waals surface area contributed by atoms with Crippen LogP contribution in [0.3, 0.4) is 0 Å². The van der Waals surface area contributed by atoms with Crippen LogP contribution in [0.2, 0.25) is 0 Å². The van der Waals surface area contributed by atoms with Crippen molar-refractivity contribution in [3.63, 3.8) is 0 Å². The molecule has 1 fully saturated rings. The molecule has 2 unspecified atom stereocenters. The summed E-state index contributed by atoms with van der Waals surface area (Å²) in [7, 11) is -3.80. The highest BCUT2D eigenvalue weighted by Crippen LogP contribution is 2.44. The van der Waals surface area contributed by atoms with E-state index in [2.05, 4.69) is 4.99 Å². The number of carbonyl (C=O) groups is 1. The van der Waals surface area contributed by atoms with Crippen LogP contribution in [-0.4, -0.2) is 26.2 Å². The third-order valence-electron chi connectivity index (χ3n) is 4.61. The Balaban J connectivity index is 2.29. The number of ketones is 1. The number of halogens is 3. The molecule has 1 aliphatic carbocycles. The van der Waals surface area contributed by atoms with Crippen LogP contribution in [0.25, 0.3) is 0 Å². The summed E-state index contributed by atoms with van der Waals surface area (Å²) in [5.74, 6) is -6.70. The van der Waals surface area contributed by atoms with Gasteiger partial charge in [-0.15, -0.1) is 0 Å². The van der Waals surface area contributed by atoms with E-state index >= 15 is 0 Å². The average Bonchev–Trinajstić information content (AvgIpc) is 2.49. The molecule has 1 aromatic rings. The fourth-order valence-corrected chi connectivity index (χ4v) is 5.00. The molecule has 8 heteroatoms.